The number of ether oxygens (including phenoxy) is 1. The number of nitrogens with one attached hydrogen (secondary N) is 4. The van der Waals surface area contributed by atoms with E-state index in [2.05, 4.69) is 41.3 Å². The minimum atomic E-state index is -1.74. The molecule has 3 heterocycles. The Bertz CT molecular complexity index is 2590. The highest BCUT2D eigenvalue weighted by Gasteiger charge is 2.44. The predicted molar refractivity (Wildman–Crippen MR) is 272 cm³/mol. The topological polar surface area (TPSA) is 178 Å². The molecular formula is C51H62FN9O6S2. The van der Waals surface area contributed by atoms with Gasteiger partial charge in [0.2, 0.25) is 23.6 Å². The minimum absolute atomic E-state index is 0.0171. The number of fused-ring (bicyclic) bond motifs is 1. The third kappa shape index (κ3) is 14.4. The largest absolute Gasteiger partial charge is 0.494 e. The van der Waals surface area contributed by atoms with E-state index in [0.717, 1.165) is 41.7 Å². The van der Waals surface area contributed by atoms with Crippen molar-refractivity contribution in [1.29, 1.82) is 0 Å². The first kappa shape index (κ1) is 47.9. The number of amides is 5. The van der Waals surface area contributed by atoms with Crippen LogP contribution >= 0.6 is 21.6 Å². The number of carbonyl (C=O) groups is 5. The van der Waals surface area contributed by atoms with Crippen LogP contribution in [0.5, 0.6) is 5.75 Å². The molecule has 69 heavy (non-hydrogen) atoms. The molecule has 1 aliphatic carbocycles. The van der Waals surface area contributed by atoms with Crippen LogP contribution in [0.25, 0.3) is 0 Å². The molecule has 0 radical (unpaired) electrons. The molecule has 1 aromatic heterocycles. The summed E-state index contributed by atoms with van der Waals surface area (Å²) < 4.78 is 37.1. The maximum absolute atomic E-state index is 15.1. The van der Waals surface area contributed by atoms with Gasteiger partial charge in [-0.05, 0) is 106 Å². The van der Waals surface area contributed by atoms with Crippen LogP contribution in [0.3, 0.4) is 0 Å². The second-order valence-electron chi connectivity index (χ2n) is 17.8. The second-order valence-corrected chi connectivity index (χ2v) is 20.9. The lowest BCUT2D eigenvalue weighted by Gasteiger charge is -2.36. The molecule has 0 unspecified atom stereocenters. The summed E-state index contributed by atoms with van der Waals surface area (Å²) in [5.74, 6) is -1.88. The zero-order chi connectivity index (χ0) is 50.7. The third-order valence-corrected chi connectivity index (χ3v) is 15.4. The number of hydrogen-bond acceptors (Lipinski definition) is 12. The van der Waals surface area contributed by atoms with E-state index in [4.69, 9.17) is 7.48 Å². The Kier molecular flexibility index (Phi) is 16.6. The Balaban J connectivity index is 0.785. The van der Waals surface area contributed by atoms with Crippen LogP contribution in [-0.2, 0) is 25.7 Å². The van der Waals surface area contributed by atoms with E-state index >= 15 is 4.39 Å². The number of piperazine rings is 1. The number of pyridine rings is 1. The van der Waals surface area contributed by atoms with Crippen LogP contribution < -0.4 is 35.9 Å². The summed E-state index contributed by atoms with van der Waals surface area (Å²) in [6, 6.07) is 20.6. The molecule has 0 bridgehead atoms. The van der Waals surface area contributed by atoms with E-state index in [-0.39, 0.29) is 47.8 Å². The second kappa shape index (κ2) is 23.9. The van der Waals surface area contributed by atoms with E-state index in [0.29, 0.717) is 81.1 Å². The Morgan fingerprint density at radius 2 is 1.77 bits per heavy atom. The van der Waals surface area contributed by atoms with Gasteiger partial charge in [0, 0.05) is 144 Å². The number of benzene rings is 3. The number of rotatable bonds is 20. The molecule has 366 valence electrons. The van der Waals surface area contributed by atoms with E-state index in [1.807, 2.05) is 56.1 Å². The SMILES string of the molecule is [2H]C1([2H])[C@H](C(=O)Nc2ccc(CNC(=O)c3ccc(N4CCN(C(=O)CCSSC(C)(C)CC(=O)N/N=C5\CCCN(C)c6cc(OCCCC(=O)NC)ccc65)CC4)cc3)c(F)c2)[C@H]1c1cccnc1. The van der Waals surface area contributed by atoms with Gasteiger partial charge in [-0.2, -0.15) is 5.10 Å². The van der Waals surface area contributed by atoms with E-state index < -0.39 is 34.7 Å². The molecule has 2 aliphatic heterocycles. The van der Waals surface area contributed by atoms with Crippen LogP contribution in [0.4, 0.5) is 21.5 Å². The number of halogens is 1. The number of carbonyl (C=O) groups excluding carboxylic acids is 5. The average molecular weight is 982 g/mol. The third-order valence-electron chi connectivity index (χ3n) is 12.1. The van der Waals surface area contributed by atoms with E-state index in [1.165, 1.54) is 12.1 Å². The molecule has 1 saturated heterocycles. The summed E-state index contributed by atoms with van der Waals surface area (Å²) >= 11 is 0. The van der Waals surface area contributed by atoms with Gasteiger partial charge in [-0.25, -0.2) is 9.82 Å². The lowest BCUT2D eigenvalue weighted by atomic mass is 10.1. The average Bonchev–Trinajstić information content (AvgIpc) is 4.00. The molecule has 4 aromatic rings. The van der Waals surface area contributed by atoms with E-state index in [9.17, 15) is 24.0 Å². The molecule has 4 N–H and O–H groups in total. The number of anilines is 3. The van der Waals surface area contributed by atoms with Crippen LogP contribution in [-0.4, -0.2) is 109 Å². The smallest absolute Gasteiger partial charge is 0.251 e. The Labute approximate surface area is 414 Å². The summed E-state index contributed by atoms with van der Waals surface area (Å²) in [5, 5.41) is 12.6. The zero-order valence-electron chi connectivity index (χ0n) is 41.5. The fourth-order valence-electron chi connectivity index (χ4n) is 8.15. The van der Waals surface area contributed by atoms with Crippen molar-refractivity contribution in [3.8, 4) is 5.75 Å². The molecule has 7 rings (SSSR count). The first-order chi connectivity index (χ1) is 34.0. The van der Waals surface area contributed by atoms with Gasteiger partial charge >= 0.3 is 0 Å². The standard InChI is InChI=1S/C51H62FN9O6S2/c1-51(2,31-47(63)58-57-44-9-6-21-59(4)45-29-39(17-18-40(44)45)67-26-7-10-46(62)53-3)69-68-27-19-48(64)61-24-22-60(23-25-61)38-15-12-34(13-16-38)49(65)55-33-36-11-14-37(28-43(36)52)56-50(66)42-30-41(42)35-8-5-20-54-32-35/h5,8,11-18,20,28-29,32,41-42H,6-7,9-10,19,21-27,30-31,33H2,1-4H3,(H,53,62)(H,55,65)(H,56,66)(H,58,63)/b57-44+/t41-,42+/m1/s1/i30D2. The molecule has 2 atom stereocenters. The summed E-state index contributed by atoms with van der Waals surface area (Å²) in [7, 11) is 6.81. The van der Waals surface area contributed by atoms with E-state index in [1.54, 1.807) is 65.3 Å². The van der Waals surface area contributed by atoms with Gasteiger partial charge < -0.3 is 35.4 Å². The molecule has 1 saturated carbocycles. The summed E-state index contributed by atoms with van der Waals surface area (Å²) in [4.78, 5) is 74.0. The molecule has 18 heteroatoms. The molecule has 3 aliphatic rings. The van der Waals surface area contributed by atoms with Gasteiger partial charge in [-0.3, -0.25) is 29.0 Å². The lowest BCUT2D eigenvalue weighted by Crippen LogP contribution is -2.48. The molecule has 2 fully saturated rings. The first-order valence-electron chi connectivity index (χ1n) is 24.3. The maximum Gasteiger partial charge on any atom is 0.251 e. The van der Waals surface area contributed by atoms with Crippen molar-refractivity contribution in [3.05, 3.63) is 113 Å². The highest BCUT2D eigenvalue weighted by molar-refractivity contribution is 8.77. The van der Waals surface area contributed by atoms with Crippen molar-refractivity contribution in [2.24, 2.45) is 11.0 Å². The summed E-state index contributed by atoms with van der Waals surface area (Å²) in [6.07, 6.45) is 4.63. The molecule has 5 amide bonds. The highest BCUT2D eigenvalue weighted by Crippen LogP contribution is 2.47. The zero-order valence-corrected chi connectivity index (χ0v) is 41.2. The van der Waals surface area contributed by atoms with Crippen molar-refractivity contribution >= 4 is 73.9 Å². The number of hydrogen-bond donors (Lipinski definition) is 4. The summed E-state index contributed by atoms with van der Waals surface area (Å²) in [5.41, 5.74) is 7.90. The van der Waals surface area contributed by atoms with Crippen LogP contribution in [0.1, 0.15) is 94.5 Å². The Hall–Kier alpha value is -6.14. The minimum Gasteiger partial charge on any atom is -0.494 e. The van der Waals surface area contributed by atoms with Crippen LogP contribution in [0.15, 0.2) is 90.3 Å². The molecular weight excluding hydrogens is 918 g/mol. The Morgan fingerprint density at radius 1 is 0.971 bits per heavy atom. The summed E-state index contributed by atoms with van der Waals surface area (Å²) in [6.45, 7) is 7.62. The van der Waals surface area contributed by atoms with Crippen molar-refractivity contribution in [1.82, 2.24) is 25.9 Å². The molecule has 15 nitrogen and oxygen atoms in total. The monoisotopic (exact) mass is 981 g/mol. The number of hydrazone groups is 1. The van der Waals surface area contributed by atoms with Crippen molar-refractivity contribution in [3.63, 3.8) is 0 Å². The lowest BCUT2D eigenvalue weighted by molar-refractivity contribution is -0.131. The quantitative estimate of drug-likeness (QED) is 0.0402. The molecule has 0 spiro atoms. The number of nitrogens with zero attached hydrogens (tertiary/aromatic N) is 5. The van der Waals surface area contributed by atoms with Crippen LogP contribution in [0.2, 0.25) is 0 Å². The fourth-order valence-corrected chi connectivity index (χ4v) is 10.6. The van der Waals surface area contributed by atoms with Gasteiger partial charge in [0.15, 0.2) is 0 Å². The van der Waals surface area contributed by atoms with Crippen molar-refractivity contribution < 1.29 is 35.8 Å². The fraction of sp³-hybridized carbons (Fsp3) is 0.431. The predicted octanol–water partition coefficient (Wildman–Crippen LogP) is 7.14. The van der Waals surface area contributed by atoms with Gasteiger partial charge in [0.05, 0.1) is 12.3 Å². The van der Waals surface area contributed by atoms with Crippen molar-refractivity contribution in [2.45, 2.75) is 76.0 Å². The first-order valence-corrected chi connectivity index (χ1v) is 25.6. The van der Waals surface area contributed by atoms with Gasteiger partial charge in [-0.15, -0.1) is 0 Å². The normalized spacial score (nSPS) is 18.5. The van der Waals surface area contributed by atoms with Gasteiger partial charge in [0.1, 0.15) is 11.6 Å². The molecule has 3 aromatic carbocycles. The maximum atomic E-state index is 15.1. The Morgan fingerprint density at radius 3 is 2.51 bits per heavy atom. The van der Waals surface area contributed by atoms with Gasteiger partial charge in [-0.1, -0.05) is 33.7 Å². The number of aromatic nitrogens is 1. The van der Waals surface area contributed by atoms with Crippen molar-refractivity contribution in [2.75, 3.05) is 74.3 Å². The van der Waals surface area contributed by atoms with Crippen LogP contribution in [0, 0.1) is 11.7 Å². The highest BCUT2D eigenvalue weighted by atomic mass is 33.1. The van der Waals surface area contributed by atoms with Gasteiger partial charge in [0.25, 0.3) is 5.91 Å².